The molecule has 1 atom stereocenters. The van der Waals surface area contributed by atoms with Gasteiger partial charge in [-0.2, -0.15) is 0 Å². The van der Waals surface area contributed by atoms with Crippen LogP contribution in [0.5, 0.6) is 0 Å². The molecule has 5 rings (SSSR count). The van der Waals surface area contributed by atoms with Gasteiger partial charge in [-0.3, -0.25) is 4.79 Å². The second-order valence-electron chi connectivity index (χ2n) is 6.65. The van der Waals surface area contributed by atoms with Crippen molar-refractivity contribution in [3.05, 3.63) is 45.6 Å². The molecule has 1 aromatic carbocycles. The maximum absolute atomic E-state index is 12.7. The summed E-state index contributed by atoms with van der Waals surface area (Å²) in [5.41, 5.74) is 4.09. The zero-order valence-corrected chi connectivity index (χ0v) is 14.1. The van der Waals surface area contributed by atoms with Crippen LogP contribution >= 0.6 is 0 Å². The molecule has 2 aromatic rings. The normalized spacial score (nSPS) is 25.1. The van der Waals surface area contributed by atoms with E-state index in [0.29, 0.717) is 34.4 Å². The van der Waals surface area contributed by atoms with E-state index in [1.165, 1.54) is 0 Å². The Kier molecular flexibility index (Phi) is 2.97. The molecule has 0 fully saturated rings. The lowest BCUT2D eigenvalue weighted by molar-refractivity contribution is -0.116. The fourth-order valence-corrected chi connectivity index (χ4v) is 5.91. The summed E-state index contributed by atoms with van der Waals surface area (Å²) >= 11 is 0. The number of hydrogen-bond acceptors (Lipinski definition) is 7. The first-order valence-corrected chi connectivity index (χ1v) is 9.91. The third-order valence-corrected chi connectivity index (χ3v) is 7.07. The van der Waals surface area contributed by atoms with Crippen LogP contribution < -0.4 is 5.32 Å². The highest BCUT2D eigenvalue weighted by Crippen LogP contribution is 2.47. The Balaban J connectivity index is 1.77. The van der Waals surface area contributed by atoms with Crippen LogP contribution in [0.4, 0.5) is 0 Å². The fraction of sp³-hybridized carbons (Fsp3) is 0.353. The van der Waals surface area contributed by atoms with Gasteiger partial charge in [-0.15, -0.1) is 0 Å². The van der Waals surface area contributed by atoms with Crippen LogP contribution in [0.1, 0.15) is 37.2 Å². The highest BCUT2D eigenvalue weighted by molar-refractivity contribution is 7.95. The van der Waals surface area contributed by atoms with Crippen molar-refractivity contribution in [2.75, 3.05) is 5.75 Å². The van der Waals surface area contributed by atoms with Crippen LogP contribution in [-0.4, -0.2) is 30.3 Å². The van der Waals surface area contributed by atoms with Crippen molar-refractivity contribution in [1.29, 1.82) is 0 Å². The average Bonchev–Trinajstić information content (AvgIpc) is 3.17. The molecule has 0 bridgehead atoms. The number of carbonyl (C=O) groups is 1. The van der Waals surface area contributed by atoms with Gasteiger partial charge in [0.25, 0.3) is 0 Å². The minimum Gasteiger partial charge on any atom is -0.361 e. The maximum atomic E-state index is 12.7. The van der Waals surface area contributed by atoms with E-state index in [2.05, 4.69) is 15.6 Å². The van der Waals surface area contributed by atoms with Gasteiger partial charge >= 0.3 is 0 Å². The minimum absolute atomic E-state index is 0.0192. The summed E-state index contributed by atoms with van der Waals surface area (Å²) in [4.78, 5) is 13.0. The van der Waals surface area contributed by atoms with E-state index in [4.69, 9.17) is 4.63 Å². The van der Waals surface area contributed by atoms with Gasteiger partial charge in [0, 0.05) is 29.8 Å². The van der Waals surface area contributed by atoms with E-state index < -0.39 is 15.8 Å². The summed E-state index contributed by atoms with van der Waals surface area (Å²) in [7, 11) is -3.39. The molecule has 1 aromatic heterocycles. The van der Waals surface area contributed by atoms with Gasteiger partial charge in [-0.25, -0.2) is 13.0 Å². The van der Waals surface area contributed by atoms with Gasteiger partial charge in [0.1, 0.15) is 11.0 Å². The number of carbonyl (C=O) groups excluding carboxylic acids is 1. The van der Waals surface area contributed by atoms with Gasteiger partial charge in [0.2, 0.25) is 0 Å². The van der Waals surface area contributed by atoms with E-state index in [1.807, 2.05) is 6.07 Å². The molecule has 128 valence electrons. The molecule has 0 spiro atoms. The van der Waals surface area contributed by atoms with Crippen molar-refractivity contribution in [2.45, 2.75) is 31.6 Å². The highest BCUT2D eigenvalue weighted by atomic mass is 32.2. The van der Waals surface area contributed by atoms with E-state index in [9.17, 15) is 13.2 Å². The Morgan fingerprint density at radius 1 is 1.08 bits per heavy atom. The standard InChI is InChI=1S/C17H15N3O4S/c21-14-3-1-2-11-16(14)15(17-12(18-11)6-7-25(17,22)23)9-4-5-10-13(8-9)20-24-19-10/h4-5,8,15,18H,1-3,6-7H2/t15-/m0/s1. The van der Waals surface area contributed by atoms with Gasteiger partial charge in [0.15, 0.2) is 15.6 Å². The number of aromatic nitrogens is 2. The molecule has 0 amide bonds. The molecule has 0 radical (unpaired) electrons. The summed E-state index contributed by atoms with van der Waals surface area (Å²) < 4.78 is 30.1. The van der Waals surface area contributed by atoms with Crippen LogP contribution in [0.3, 0.4) is 0 Å². The van der Waals surface area contributed by atoms with Crippen LogP contribution in [0.25, 0.3) is 11.0 Å². The Morgan fingerprint density at radius 3 is 2.80 bits per heavy atom. The van der Waals surface area contributed by atoms with Gasteiger partial charge in [0.05, 0.1) is 16.6 Å². The molecule has 0 unspecified atom stereocenters. The fourth-order valence-electron chi connectivity index (χ4n) is 4.07. The number of rotatable bonds is 1. The summed E-state index contributed by atoms with van der Waals surface area (Å²) in [6, 6.07) is 5.33. The number of nitrogens with zero attached hydrogens (tertiary/aromatic N) is 2. The first-order chi connectivity index (χ1) is 12.0. The number of fused-ring (bicyclic) bond motifs is 1. The third kappa shape index (κ3) is 2.10. The maximum Gasteiger partial charge on any atom is 0.177 e. The summed E-state index contributed by atoms with van der Waals surface area (Å²) in [5.74, 6) is -0.456. The molecule has 0 saturated carbocycles. The van der Waals surface area contributed by atoms with E-state index in [1.54, 1.807) is 12.1 Å². The summed E-state index contributed by atoms with van der Waals surface area (Å²) in [5, 5.41) is 10.9. The van der Waals surface area contributed by atoms with Gasteiger partial charge in [-0.05, 0) is 40.9 Å². The van der Waals surface area contributed by atoms with Crippen molar-refractivity contribution in [1.82, 2.24) is 15.6 Å². The molecule has 1 aliphatic carbocycles. The van der Waals surface area contributed by atoms with Crippen molar-refractivity contribution in [3.8, 4) is 0 Å². The van der Waals surface area contributed by atoms with Crippen LogP contribution in [-0.2, 0) is 14.6 Å². The minimum atomic E-state index is -3.39. The number of allylic oxidation sites excluding steroid dienone is 4. The first-order valence-electron chi connectivity index (χ1n) is 8.26. The second-order valence-corrected chi connectivity index (χ2v) is 8.73. The Bertz CT molecular complexity index is 1090. The Morgan fingerprint density at radius 2 is 1.92 bits per heavy atom. The van der Waals surface area contributed by atoms with Gasteiger partial charge in [-0.1, -0.05) is 6.07 Å². The lowest BCUT2D eigenvalue weighted by atomic mass is 9.79. The molecule has 1 N–H and O–H groups in total. The number of sulfone groups is 1. The number of benzene rings is 1. The predicted molar refractivity (Wildman–Crippen MR) is 89.0 cm³/mol. The SMILES string of the molecule is O=C1CCCC2=C1[C@H](c1ccc3nonc3c1)C1=C(CCS1(=O)=O)N2. The summed E-state index contributed by atoms with van der Waals surface area (Å²) in [6.45, 7) is 0. The molecule has 3 aliphatic rings. The van der Waals surface area contributed by atoms with Crippen LogP contribution in [0.2, 0.25) is 0 Å². The third-order valence-electron chi connectivity index (χ3n) is 5.17. The largest absolute Gasteiger partial charge is 0.361 e. The lowest BCUT2D eigenvalue weighted by Crippen LogP contribution is -2.32. The van der Waals surface area contributed by atoms with E-state index in [-0.39, 0.29) is 11.5 Å². The monoisotopic (exact) mass is 357 g/mol. The van der Waals surface area contributed by atoms with Gasteiger partial charge < -0.3 is 5.32 Å². The second kappa shape index (κ2) is 5.01. The topological polar surface area (TPSA) is 102 Å². The molecule has 3 heterocycles. The lowest BCUT2D eigenvalue weighted by Gasteiger charge is -2.33. The number of hydrogen-bond donors (Lipinski definition) is 1. The van der Waals surface area contributed by atoms with E-state index >= 15 is 0 Å². The van der Waals surface area contributed by atoms with Crippen molar-refractivity contribution in [3.63, 3.8) is 0 Å². The average molecular weight is 357 g/mol. The van der Waals surface area contributed by atoms with Crippen molar-refractivity contribution in [2.24, 2.45) is 0 Å². The quantitative estimate of drug-likeness (QED) is 0.832. The number of dihydropyridines is 1. The van der Waals surface area contributed by atoms with Crippen LogP contribution in [0.15, 0.2) is 44.7 Å². The molecule has 0 saturated heterocycles. The zero-order valence-electron chi connectivity index (χ0n) is 13.3. The summed E-state index contributed by atoms with van der Waals surface area (Å²) in [6.07, 6.45) is 2.47. The molecule has 2 aliphatic heterocycles. The zero-order chi connectivity index (χ0) is 17.2. The number of ketones is 1. The van der Waals surface area contributed by atoms with E-state index in [0.717, 1.165) is 29.8 Å². The molecule has 8 heteroatoms. The van der Waals surface area contributed by atoms with Crippen molar-refractivity contribution < 1.29 is 17.8 Å². The molecular weight excluding hydrogens is 342 g/mol. The highest BCUT2D eigenvalue weighted by Gasteiger charge is 2.44. The van der Waals surface area contributed by atoms with Crippen molar-refractivity contribution >= 4 is 26.7 Å². The predicted octanol–water partition coefficient (Wildman–Crippen LogP) is 1.95. The van der Waals surface area contributed by atoms with Crippen LogP contribution in [0, 0.1) is 0 Å². The molecular formula is C17H15N3O4S. The molecule has 7 nitrogen and oxygen atoms in total. The molecule has 25 heavy (non-hydrogen) atoms. The number of nitrogens with one attached hydrogen (secondary N) is 1. The first kappa shape index (κ1) is 14.8. The smallest absolute Gasteiger partial charge is 0.177 e. The number of Topliss-reactive ketones (excluding diaryl/α,β-unsaturated/α-hetero) is 1. The Labute approximate surface area is 143 Å². The Hall–Kier alpha value is -2.48.